The van der Waals surface area contributed by atoms with Crippen molar-refractivity contribution >= 4 is 57.4 Å². The first kappa shape index (κ1) is 54.0. The Morgan fingerprint density at radius 3 is 1.71 bits per heavy atom. The second-order valence-corrected chi connectivity index (χ2v) is 22.2. The minimum Gasteiger partial charge on any atom is -0.465 e. The molecule has 0 bridgehead atoms. The highest BCUT2D eigenvalue weighted by Gasteiger charge is 2.43. The first-order valence-electron chi connectivity index (χ1n) is 27.3. The maximum absolute atomic E-state index is 17.0. The average Bonchev–Trinajstić information content (AvgIpc) is 4.46. The smallest absolute Gasteiger partial charge is 0.407 e. The number of piperidine rings is 1. The van der Waals surface area contributed by atoms with Gasteiger partial charge < -0.3 is 44.7 Å². The molecule has 20 heteroatoms. The minimum atomic E-state index is -1.23. The number of fused-ring (bicyclic) bond motifs is 2. The van der Waals surface area contributed by atoms with Gasteiger partial charge in [0.2, 0.25) is 11.8 Å². The third-order valence-electron chi connectivity index (χ3n) is 16.6. The van der Waals surface area contributed by atoms with Gasteiger partial charge in [-0.15, -0.1) is 0 Å². The number of methoxy groups -OCH3 is 1. The Morgan fingerprint density at radius 1 is 0.692 bits per heavy atom. The molecule has 4 aliphatic heterocycles. The van der Waals surface area contributed by atoms with Crippen molar-refractivity contribution in [2.24, 2.45) is 17.8 Å². The molecule has 4 amide bonds. The number of anilines is 2. The lowest BCUT2D eigenvalue weighted by atomic mass is 9.90. The predicted octanol–water partition coefficient (Wildman–Crippen LogP) is 10.9. The fourth-order valence-electron chi connectivity index (χ4n) is 12.7. The Bertz CT molecular complexity index is 3190. The van der Waals surface area contributed by atoms with Crippen LogP contribution >= 0.6 is 0 Å². The zero-order chi connectivity index (χ0) is 55.3. The van der Waals surface area contributed by atoms with Crippen LogP contribution in [0.5, 0.6) is 0 Å². The molecule has 4 aromatic carbocycles. The molecular formula is C58H68F4N10O6. The van der Waals surface area contributed by atoms with Crippen LogP contribution in [-0.4, -0.2) is 116 Å². The summed E-state index contributed by atoms with van der Waals surface area (Å²) in [7, 11) is 2.60. The molecule has 6 heterocycles. The molecule has 4 aliphatic rings. The zero-order valence-corrected chi connectivity index (χ0v) is 44.9. The fraction of sp³-hybridized carbons (Fsp3) is 0.483. The Balaban J connectivity index is 0.990. The number of ether oxygens (including phenoxy) is 1. The quantitative estimate of drug-likeness (QED) is 0.0766. The molecule has 4 N–H and O–H groups in total. The van der Waals surface area contributed by atoms with Crippen LogP contribution in [0.2, 0.25) is 0 Å². The van der Waals surface area contributed by atoms with Crippen LogP contribution in [0.3, 0.4) is 0 Å². The van der Waals surface area contributed by atoms with E-state index in [9.17, 15) is 24.3 Å². The maximum atomic E-state index is 17.0. The Kier molecular flexibility index (Phi) is 15.3. The molecule has 78 heavy (non-hydrogen) atoms. The number of hydrogen-bond acceptors (Lipinski definition) is 9. The predicted molar refractivity (Wildman–Crippen MR) is 287 cm³/mol. The molecule has 6 atom stereocenters. The summed E-state index contributed by atoms with van der Waals surface area (Å²) < 4.78 is 72.5. The Morgan fingerprint density at radius 2 is 1.22 bits per heavy atom. The number of alkyl carbamates (subject to hydrolysis) is 1. The SMILES string of the molecule is COC(=O)N[C@H](C(=O)N1CCC[C@H]1c1nc2cc(F)c([C@H]3CC[C@H](c4cc5[nH]c([C@@H]6CCCN6C(=O)[C@H](C(C)C)N(C)C(=O)O)nc5cc4F)N3c3cc(F)c(N4CCC(Cc5ccccc5)CC4)c(F)c3)cc2[nH]1)C(C)C. The van der Waals surface area contributed by atoms with E-state index in [1.165, 1.54) is 44.0 Å². The van der Waals surface area contributed by atoms with Gasteiger partial charge in [0.05, 0.1) is 53.3 Å². The van der Waals surface area contributed by atoms with Gasteiger partial charge in [0.25, 0.3) is 0 Å². The number of carbonyl (C=O) groups excluding carboxylic acids is 3. The van der Waals surface area contributed by atoms with Gasteiger partial charge in [-0.3, -0.25) is 14.5 Å². The van der Waals surface area contributed by atoms with E-state index in [-0.39, 0.29) is 64.5 Å². The van der Waals surface area contributed by atoms with Crippen molar-refractivity contribution < 1.29 is 46.6 Å². The highest BCUT2D eigenvalue weighted by atomic mass is 19.1. The van der Waals surface area contributed by atoms with E-state index in [1.54, 1.807) is 45.6 Å². The Labute approximate surface area is 450 Å². The number of halogens is 4. The highest BCUT2D eigenvalue weighted by Crippen LogP contribution is 2.50. The second kappa shape index (κ2) is 22.2. The second-order valence-electron chi connectivity index (χ2n) is 22.2. The van der Waals surface area contributed by atoms with Crippen molar-refractivity contribution in [3.05, 3.63) is 118 Å². The summed E-state index contributed by atoms with van der Waals surface area (Å²) in [5.41, 5.74) is 3.05. The van der Waals surface area contributed by atoms with Crippen molar-refractivity contribution in [2.45, 2.75) is 122 Å². The van der Waals surface area contributed by atoms with Crippen molar-refractivity contribution in [3.8, 4) is 0 Å². The summed E-state index contributed by atoms with van der Waals surface area (Å²) in [5.74, 6) is -2.88. The monoisotopic (exact) mass is 1080 g/mol. The topological polar surface area (TPSA) is 183 Å². The number of nitrogens with one attached hydrogen (secondary N) is 3. The van der Waals surface area contributed by atoms with Crippen LogP contribution in [0.1, 0.15) is 132 Å². The van der Waals surface area contributed by atoms with Crippen LogP contribution in [0.15, 0.2) is 66.7 Å². The van der Waals surface area contributed by atoms with Crippen molar-refractivity contribution in [2.75, 3.05) is 50.1 Å². The molecule has 0 radical (unpaired) electrons. The number of hydrogen-bond donors (Lipinski definition) is 4. The number of imidazole rings is 2. The molecule has 6 aromatic rings. The van der Waals surface area contributed by atoms with E-state index in [2.05, 4.69) is 27.4 Å². The number of H-pyrrole nitrogens is 2. The van der Waals surface area contributed by atoms with Gasteiger partial charge in [-0.05, 0) is 105 Å². The van der Waals surface area contributed by atoms with Crippen LogP contribution in [-0.2, 0) is 20.7 Å². The summed E-state index contributed by atoms with van der Waals surface area (Å²) in [5, 5.41) is 12.5. The van der Waals surface area contributed by atoms with Crippen molar-refractivity contribution in [3.63, 3.8) is 0 Å². The number of aromatic amines is 2. The molecule has 0 aliphatic carbocycles. The van der Waals surface area contributed by atoms with Crippen LogP contribution in [0.4, 0.5) is 38.5 Å². The minimum absolute atomic E-state index is 0.0985. The van der Waals surface area contributed by atoms with E-state index in [1.807, 2.05) is 32.0 Å². The molecule has 414 valence electrons. The lowest BCUT2D eigenvalue weighted by Crippen LogP contribution is -2.51. The van der Waals surface area contributed by atoms with Gasteiger partial charge in [0.1, 0.15) is 41.1 Å². The summed E-state index contributed by atoms with van der Waals surface area (Å²) in [4.78, 5) is 76.2. The number of aromatic nitrogens is 4. The molecule has 0 spiro atoms. The number of carbonyl (C=O) groups is 4. The van der Waals surface area contributed by atoms with Crippen molar-refractivity contribution in [1.82, 2.24) is 40.0 Å². The lowest BCUT2D eigenvalue weighted by molar-refractivity contribution is -0.138. The molecule has 0 saturated carbocycles. The number of likely N-dealkylation sites (N-methyl/N-ethyl adjacent to an activating group) is 1. The maximum Gasteiger partial charge on any atom is 0.407 e. The number of carboxylic acid groups (broad SMARTS) is 1. The molecule has 2 aromatic heterocycles. The van der Waals surface area contributed by atoms with E-state index < -0.39 is 71.7 Å². The van der Waals surface area contributed by atoms with Gasteiger partial charge in [-0.1, -0.05) is 58.0 Å². The largest absolute Gasteiger partial charge is 0.465 e. The average molecular weight is 1080 g/mol. The summed E-state index contributed by atoms with van der Waals surface area (Å²) in [6.07, 6.45) is 3.34. The molecule has 4 fully saturated rings. The van der Waals surface area contributed by atoms with Gasteiger partial charge in [0, 0.05) is 62.2 Å². The highest BCUT2D eigenvalue weighted by molar-refractivity contribution is 5.87. The first-order valence-corrected chi connectivity index (χ1v) is 27.3. The van der Waals surface area contributed by atoms with E-state index in [0.717, 1.165) is 24.2 Å². The van der Waals surface area contributed by atoms with Crippen LogP contribution < -0.4 is 15.1 Å². The standard InChI is InChI=1S/C58H68F4N10O6/c1-31(2)50(67-57(75)78-6)55(73)70-20-10-14-48(70)53-63-42-27-36(38(59)29-44(42)65-53)46-16-17-47(72(46)35-25-40(61)52(41(62)26-35)69-22-18-34(19-23-69)24-33-12-8-7-9-13-33)37-28-43-45(30-39(37)60)66-54(64-43)49-15-11-21-71(49)56(74)51(32(3)4)68(5)58(76)77/h7-9,12-13,25-32,34,46-51H,10-11,14-24H2,1-6H3,(H,63,65)(H,64,66)(H,67,75)(H,76,77)/t46-,47-,48+,49+,50+,51+/m1/s1. The van der Waals surface area contributed by atoms with E-state index >= 15 is 17.6 Å². The molecule has 0 unspecified atom stereocenters. The van der Waals surface area contributed by atoms with E-state index in [4.69, 9.17) is 14.7 Å². The van der Waals surface area contributed by atoms with Crippen LogP contribution in [0, 0.1) is 41.0 Å². The van der Waals surface area contributed by atoms with E-state index in [0.29, 0.717) is 86.0 Å². The van der Waals surface area contributed by atoms with Gasteiger partial charge in [-0.2, -0.15) is 0 Å². The number of nitrogens with zero attached hydrogens (tertiary/aromatic N) is 7. The number of benzene rings is 4. The third kappa shape index (κ3) is 10.4. The van der Waals surface area contributed by atoms with Gasteiger partial charge in [-0.25, -0.2) is 37.1 Å². The first-order chi connectivity index (χ1) is 37.4. The Hall–Kier alpha value is -7.38. The fourth-order valence-corrected chi connectivity index (χ4v) is 12.7. The summed E-state index contributed by atoms with van der Waals surface area (Å²) >= 11 is 0. The third-order valence-corrected chi connectivity index (χ3v) is 16.6. The number of amides is 4. The molecule has 4 saturated heterocycles. The molecule has 10 rings (SSSR count). The van der Waals surface area contributed by atoms with Gasteiger partial charge >= 0.3 is 12.2 Å². The van der Waals surface area contributed by atoms with Crippen LogP contribution in [0.25, 0.3) is 22.1 Å². The summed E-state index contributed by atoms with van der Waals surface area (Å²) in [6.45, 7) is 8.92. The normalized spacial score (nSPS) is 20.9. The number of rotatable bonds is 14. The lowest BCUT2D eigenvalue weighted by Gasteiger charge is -2.36. The summed E-state index contributed by atoms with van der Waals surface area (Å²) in [6, 6.07) is 14.0. The zero-order valence-electron chi connectivity index (χ0n) is 44.9. The van der Waals surface area contributed by atoms with Crippen molar-refractivity contribution in [1.29, 1.82) is 0 Å². The molecular weight excluding hydrogens is 1010 g/mol. The number of likely N-dealkylation sites (tertiary alicyclic amines) is 2. The van der Waals surface area contributed by atoms with Gasteiger partial charge in [0.15, 0.2) is 11.6 Å². The molecule has 16 nitrogen and oxygen atoms in total.